The van der Waals surface area contributed by atoms with Crippen LogP contribution >= 0.6 is 0 Å². The number of ether oxygens (including phenoxy) is 1. The fraction of sp³-hybridized carbons (Fsp3) is 0.100. The fourth-order valence-corrected chi connectivity index (χ4v) is 0.913. The molecule has 18 heavy (non-hydrogen) atoms. The van der Waals surface area contributed by atoms with Gasteiger partial charge in [0.05, 0.1) is 12.5 Å². The van der Waals surface area contributed by atoms with Gasteiger partial charge in [-0.1, -0.05) is 6.58 Å². The first-order valence-electron chi connectivity index (χ1n) is 4.45. The molecule has 0 fully saturated rings. The van der Waals surface area contributed by atoms with E-state index in [1.54, 1.807) is 18.5 Å². The van der Waals surface area contributed by atoms with Gasteiger partial charge in [-0.2, -0.15) is 13.2 Å². The van der Waals surface area contributed by atoms with Gasteiger partial charge in [0.1, 0.15) is 12.0 Å². The Hall–Kier alpha value is -2.38. The summed E-state index contributed by atoms with van der Waals surface area (Å²) in [5.41, 5.74) is 1.62. The molecule has 2 rings (SSSR count). The van der Waals surface area contributed by atoms with Crippen LogP contribution in [0.15, 0.2) is 31.4 Å². The average Bonchev–Trinajstić information content (AvgIpc) is 2.29. The normalized spacial score (nSPS) is 12.9. The van der Waals surface area contributed by atoms with Crippen LogP contribution in [0.3, 0.4) is 0 Å². The summed E-state index contributed by atoms with van der Waals surface area (Å²) in [4.78, 5) is 16.7. The van der Waals surface area contributed by atoms with Crippen molar-refractivity contribution in [2.45, 2.75) is 6.18 Å². The predicted octanol–water partition coefficient (Wildman–Crippen LogP) is 2.03. The molecule has 1 N–H and O–H groups in total. The molecule has 96 valence electrons. The molecule has 0 saturated carbocycles. The third kappa shape index (κ3) is 3.58. The Morgan fingerprint density at radius 2 is 2.06 bits per heavy atom. The van der Waals surface area contributed by atoms with Gasteiger partial charge in [0.2, 0.25) is 0 Å². The molecule has 0 radical (unpaired) electrons. The molecule has 0 aromatic carbocycles. The molecule has 0 aliphatic carbocycles. The second-order valence-corrected chi connectivity index (χ2v) is 2.98. The highest BCUT2D eigenvalue weighted by Gasteiger charge is 2.38. The lowest BCUT2D eigenvalue weighted by Gasteiger charge is -2.10. The summed E-state index contributed by atoms with van der Waals surface area (Å²) in [5, 5.41) is 7.12. The van der Waals surface area contributed by atoms with Crippen LogP contribution in [0.25, 0.3) is 5.57 Å². The van der Waals surface area contributed by atoms with Gasteiger partial charge in [-0.3, -0.25) is 0 Å². The van der Waals surface area contributed by atoms with Crippen molar-refractivity contribution in [1.29, 1.82) is 0 Å². The summed E-state index contributed by atoms with van der Waals surface area (Å²) in [7, 11) is 0. The zero-order chi connectivity index (χ0) is 13.8. The number of hydrogen-bond donors (Lipinski definition) is 1. The standard InChI is InChI=1S/C8H6N2O.C2HF3O2/c1-6-2-3-11-7-4-9-5-10-8(6)7;3-2(4,5)1(6)7/h2-5H,1H2;(H,6,7). The molecule has 1 aliphatic rings. The molecule has 0 spiro atoms. The number of allylic oxidation sites excluding steroid dienone is 2. The van der Waals surface area contributed by atoms with Crippen LogP contribution < -0.4 is 4.74 Å². The number of alkyl halides is 3. The number of carboxylic acids is 1. The Bertz CT molecular complexity index is 497. The van der Waals surface area contributed by atoms with Crippen molar-refractivity contribution in [3.63, 3.8) is 0 Å². The molecule has 8 heteroatoms. The zero-order valence-corrected chi connectivity index (χ0v) is 8.81. The minimum atomic E-state index is -5.08. The Morgan fingerprint density at radius 3 is 2.56 bits per heavy atom. The highest BCUT2D eigenvalue weighted by Crippen LogP contribution is 2.25. The maximum Gasteiger partial charge on any atom is 0.490 e. The first-order valence-corrected chi connectivity index (χ1v) is 4.45. The highest BCUT2D eigenvalue weighted by atomic mass is 19.4. The van der Waals surface area contributed by atoms with Crippen LogP contribution in [0.2, 0.25) is 0 Å². The number of hydrogen-bond acceptors (Lipinski definition) is 4. The molecular formula is C10H7F3N2O3. The van der Waals surface area contributed by atoms with Gasteiger partial charge in [0.15, 0.2) is 5.75 Å². The van der Waals surface area contributed by atoms with Crippen LogP contribution in [0, 0.1) is 0 Å². The van der Waals surface area contributed by atoms with Crippen molar-refractivity contribution >= 4 is 11.5 Å². The molecular weight excluding hydrogens is 253 g/mol. The van der Waals surface area contributed by atoms with Crippen molar-refractivity contribution in [1.82, 2.24) is 9.97 Å². The van der Waals surface area contributed by atoms with Crippen molar-refractivity contribution in [2.24, 2.45) is 0 Å². The van der Waals surface area contributed by atoms with Crippen molar-refractivity contribution in [2.75, 3.05) is 0 Å². The van der Waals surface area contributed by atoms with Crippen LogP contribution in [-0.4, -0.2) is 27.2 Å². The Balaban J connectivity index is 0.000000203. The van der Waals surface area contributed by atoms with Gasteiger partial charge in [0.25, 0.3) is 0 Å². The van der Waals surface area contributed by atoms with Gasteiger partial charge in [-0.05, 0) is 11.6 Å². The van der Waals surface area contributed by atoms with E-state index in [1.165, 1.54) is 6.33 Å². The van der Waals surface area contributed by atoms with Crippen LogP contribution in [0.4, 0.5) is 13.2 Å². The number of rotatable bonds is 0. The predicted molar refractivity (Wildman–Crippen MR) is 54.5 cm³/mol. The first kappa shape index (κ1) is 13.7. The number of aromatic nitrogens is 2. The number of carboxylic acid groups (broad SMARTS) is 1. The van der Waals surface area contributed by atoms with Gasteiger partial charge in [-0.15, -0.1) is 0 Å². The van der Waals surface area contributed by atoms with E-state index in [-0.39, 0.29) is 0 Å². The van der Waals surface area contributed by atoms with E-state index < -0.39 is 12.1 Å². The monoisotopic (exact) mass is 260 g/mol. The smallest absolute Gasteiger partial charge is 0.475 e. The molecule has 1 aromatic rings. The summed E-state index contributed by atoms with van der Waals surface area (Å²) in [6, 6.07) is 0. The van der Waals surface area contributed by atoms with Crippen molar-refractivity contribution in [3.05, 3.63) is 37.1 Å². The van der Waals surface area contributed by atoms with E-state index >= 15 is 0 Å². The molecule has 5 nitrogen and oxygen atoms in total. The molecule has 1 aliphatic heterocycles. The number of carbonyl (C=O) groups is 1. The van der Waals surface area contributed by atoms with Crippen LogP contribution in [-0.2, 0) is 4.79 Å². The lowest BCUT2D eigenvalue weighted by Crippen LogP contribution is -2.21. The molecule has 0 saturated heterocycles. The second-order valence-electron chi connectivity index (χ2n) is 2.98. The molecule has 0 amide bonds. The number of halogens is 3. The maximum absolute atomic E-state index is 10.6. The first-order chi connectivity index (χ1) is 8.32. The van der Waals surface area contributed by atoms with E-state index in [0.29, 0.717) is 5.75 Å². The number of aliphatic carboxylic acids is 1. The largest absolute Gasteiger partial charge is 0.490 e. The number of nitrogens with zero attached hydrogens (tertiary/aromatic N) is 2. The molecule has 1 aromatic heterocycles. The summed E-state index contributed by atoms with van der Waals surface area (Å²) >= 11 is 0. The summed E-state index contributed by atoms with van der Waals surface area (Å²) in [6.45, 7) is 3.80. The summed E-state index contributed by atoms with van der Waals surface area (Å²) in [5.74, 6) is -2.09. The Kier molecular flexibility index (Phi) is 4.03. The second kappa shape index (κ2) is 5.30. The maximum atomic E-state index is 10.6. The average molecular weight is 260 g/mol. The Labute approximate surface area is 99.2 Å². The van der Waals surface area contributed by atoms with E-state index in [0.717, 1.165) is 11.3 Å². The molecule has 0 bridgehead atoms. The summed E-state index contributed by atoms with van der Waals surface area (Å²) in [6.07, 6.45) is 1.37. The van der Waals surface area contributed by atoms with Gasteiger partial charge < -0.3 is 9.84 Å². The Morgan fingerprint density at radius 1 is 1.44 bits per heavy atom. The summed E-state index contributed by atoms with van der Waals surface area (Å²) < 4.78 is 36.9. The fourth-order valence-electron chi connectivity index (χ4n) is 0.913. The molecule has 0 unspecified atom stereocenters. The van der Waals surface area contributed by atoms with E-state index in [1.807, 2.05) is 0 Å². The van der Waals surface area contributed by atoms with E-state index in [9.17, 15) is 13.2 Å². The van der Waals surface area contributed by atoms with Crippen LogP contribution in [0.5, 0.6) is 5.75 Å². The van der Waals surface area contributed by atoms with Gasteiger partial charge >= 0.3 is 12.1 Å². The molecule has 2 heterocycles. The van der Waals surface area contributed by atoms with E-state index in [2.05, 4.69) is 16.5 Å². The highest BCUT2D eigenvalue weighted by molar-refractivity contribution is 5.74. The lowest BCUT2D eigenvalue weighted by atomic mass is 10.2. The molecule has 0 atom stereocenters. The minimum absolute atomic E-state index is 0.667. The van der Waals surface area contributed by atoms with Crippen molar-refractivity contribution in [3.8, 4) is 5.75 Å². The third-order valence-electron chi connectivity index (χ3n) is 1.69. The van der Waals surface area contributed by atoms with Gasteiger partial charge in [0, 0.05) is 0 Å². The van der Waals surface area contributed by atoms with Crippen molar-refractivity contribution < 1.29 is 27.8 Å². The van der Waals surface area contributed by atoms with E-state index in [4.69, 9.17) is 14.6 Å². The SMILES string of the molecule is C=C1C=COc2cncnc21.O=C(O)C(F)(F)F. The van der Waals surface area contributed by atoms with Gasteiger partial charge in [-0.25, -0.2) is 14.8 Å². The minimum Gasteiger partial charge on any atom is -0.475 e. The lowest BCUT2D eigenvalue weighted by molar-refractivity contribution is -0.192. The topological polar surface area (TPSA) is 72.3 Å². The quantitative estimate of drug-likeness (QED) is 0.772. The van der Waals surface area contributed by atoms with Crippen LogP contribution in [0.1, 0.15) is 5.69 Å². The zero-order valence-electron chi connectivity index (χ0n) is 8.81. The number of fused-ring (bicyclic) bond motifs is 1. The third-order valence-corrected chi connectivity index (χ3v) is 1.69.